The van der Waals surface area contributed by atoms with Crippen LogP contribution in [0.2, 0.25) is 0 Å². The van der Waals surface area contributed by atoms with Crippen molar-refractivity contribution in [1.29, 1.82) is 0 Å². The van der Waals surface area contributed by atoms with E-state index in [9.17, 15) is 4.79 Å². The summed E-state index contributed by atoms with van der Waals surface area (Å²) < 4.78 is 5.50. The van der Waals surface area contributed by atoms with E-state index in [0.29, 0.717) is 18.0 Å². The van der Waals surface area contributed by atoms with Gasteiger partial charge in [-0.05, 0) is 50.2 Å². The van der Waals surface area contributed by atoms with Crippen LogP contribution in [0, 0.1) is 6.92 Å². The summed E-state index contributed by atoms with van der Waals surface area (Å²) in [6.45, 7) is 4.58. The van der Waals surface area contributed by atoms with Crippen molar-refractivity contribution in [2.24, 2.45) is 0 Å². The normalized spacial score (nSPS) is 10.2. The summed E-state index contributed by atoms with van der Waals surface area (Å²) in [6, 6.07) is 14.9. The van der Waals surface area contributed by atoms with Crippen molar-refractivity contribution in [3.63, 3.8) is 0 Å². The van der Waals surface area contributed by atoms with Crippen LogP contribution in [-0.4, -0.2) is 19.1 Å². The number of aryl methyl sites for hydroxylation is 1. The lowest BCUT2D eigenvalue weighted by Crippen LogP contribution is -2.34. The molecule has 0 aliphatic heterocycles. The number of ether oxygens (including phenoxy) is 1. The van der Waals surface area contributed by atoms with Crippen LogP contribution in [-0.2, 0) is 4.79 Å². The number of nitrogens with two attached hydrogens (primary N) is 1. The summed E-state index contributed by atoms with van der Waals surface area (Å²) in [4.78, 5) is 14.0. The Hall–Kier alpha value is -2.49. The summed E-state index contributed by atoms with van der Waals surface area (Å²) in [5.41, 5.74) is 8.33. The summed E-state index contributed by atoms with van der Waals surface area (Å²) in [5, 5.41) is 0. The molecule has 0 saturated heterocycles. The fraction of sp³-hybridized carbons (Fsp3) is 0.235. The highest BCUT2D eigenvalue weighted by molar-refractivity contribution is 5.94. The molecular weight excluding hydrogens is 264 g/mol. The van der Waals surface area contributed by atoms with Crippen LogP contribution in [0.3, 0.4) is 0 Å². The number of carbonyl (C=O) groups excluding carboxylic acids is 1. The van der Waals surface area contributed by atoms with Crippen LogP contribution in [0.4, 0.5) is 11.4 Å². The van der Waals surface area contributed by atoms with E-state index in [2.05, 4.69) is 0 Å². The molecule has 0 heterocycles. The standard InChI is InChI=1S/C17H20N2O2/c1-3-19(15-8-4-13(2)5-9-15)17(20)12-21-16-10-6-14(18)7-11-16/h4-11H,3,12,18H2,1-2H3. The number of benzene rings is 2. The van der Waals surface area contributed by atoms with Gasteiger partial charge in [-0.1, -0.05) is 17.7 Å². The molecule has 0 aromatic heterocycles. The van der Waals surface area contributed by atoms with E-state index < -0.39 is 0 Å². The van der Waals surface area contributed by atoms with E-state index in [0.717, 1.165) is 5.69 Å². The minimum Gasteiger partial charge on any atom is -0.484 e. The molecule has 0 bridgehead atoms. The van der Waals surface area contributed by atoms with Gasteiger partial charge in [-0.2, -0.15) is 0 Å². The Kier molecular flexibility index (Phi) is 4.82. The summed E-state index contributed by atoms with van der Waals surface area (Å²) >= 11 is 0. The Morgan fingerprint density at radius 3 is 2.29 bits per heavy atom. The second kappa shape index (κ2) is 6.79. The van der Waals surface area contributed by atoms with Crippen LogP contribution in [0.1, 0.15) is 12.5 Å². The second-order valence-corrected chi connectivity index (χ2v) is 4.83. The van der Waals surface area contributed by atoms with Gasteiger partial charge in [0.2, 0.25) is 0 Å². The Labute approximate surface area is 125 Å². The van der Waals surface area contributed by atoms with Gasteiger partial charge >= 0.3 is 0 Å². The Bertz CT molecular complexity index is 591. The van der Waals surface area contributed by atoms with Crippen molar-refractivity contribution < 1.29 is 9.53 Å². The maximum Gasteiger partial charge on any atom is 0.264 e. The van der Waals surface area contributed by atoms with Gasteiger partial charge in [-0.3, -0.25) is 4.79 Å². The molecule has 1 amide bonds. The molecule has 0 fully saturated rings. The molecule has 0 spiro atoms. The van der Waals surface area contributed by atoms with Crippen LogP contribution in [0.5, 0.6) is 5.75 Å². The van der Waals surface area contributed by atoms with Crippen molar-refractivity contribution in [3.8, 4) is 5.75 Å². The highest BCUT2D eigenvalue weighted by atomic mass is 16.5. The topological polar surface area (TPSA) is 55.6 Å². The fourth-order valence-corrected chi connectivity index (χ4v) is 2.01. The minimum atomic E-state index is -0.0711. The minimum absolute atomic E-state index is 0.00559. The average Bonchev–Trinajstić information content (AvgIpc) is 2.49. The number of hydrogen-bond acceptors (Lipinski definition) is 3. The molecule has 0 aliphatic carbocycles. The molecule has 0 atom stereocenters. The molecule has 110 valence electrons. The first-order chi connectivity index (χ1) is 10.1. The monoisotopic (exact) mass is 284 g/mol. The van der Waals surface area contributed by atoms with E-state index in [1.54, 1.807) is 29.2 Å². The molecule has 0 radical (unpaired) electrons. The number of rotatable bonds is 5. The summed E-state index contributed by atoms with van der Waals surface area (Å²) in [7, 11) is 0. The van der Waals surface area contributed by atoms with Gasteiger partial charge < -0.3 is 15.4 Å². The highest BCUT2D eigenvalue weighted by Gasteiger charge is 2.14. The third-order valence-corrected chi connectivity index (χ3v) is 3.21. The van der Waals surface area contributed by atoms with Gasteiger partial charge in [0.15, 0.2) is 6.61 Å². The van der Waals surface area contributed by atoms with Gasteiger partial charge in [0.1, 0.15) is 5.75 Å². The van der Waals surface area contributed by atoms with Gasteiger partial charge in [0, 0.05) is 17.9 Å². The quantitative estimate of drug-likeness (QED) is 0.859. The second-order valence-electron chi connectivity index (χ2n) is 4.83. The average molecular weight is 284 g/mol. The van der Waals surface area contributed by atoms with Crippen LogP contribution in [0.15, 0.2) is 48.5 Å². The molecule has 2 aromatic carbocycles. The van der Waals surface area contributed by atoms with Crippen LogP contribution in [0.25, 0.3) is 0 Å². The zero-order valence-electron chi connectivity index (χ0n) is 12.4. The molecule has 2 aromatic rings. The first kappa shape index (κ1) is 14.9. The summed E-state index contributed by atoms with van der Waals surface area (Å²) in [6.07, 6.45) is 0. The highest BCUT2D eigenvalue weighted by Crippen LogP contribution is 2.16. The Balaban J connectivity index is 2.00. The van der Waals surface area contributed by atoms with Gasteiger partial charge in [-0.25, -0.2) is 0 Å². The molecule has 4 nitrogen and oxygen atoms in total. The van der Waals surface area contributed by atoms with Crippen LogP contribution >= 0.6 is 0 Å². The molecule has 2 N–H and O–H groups in total. The van der Waals surface area contributed by atoms with E-state index in [1.165, 1.54) is 5.56 Å². The number of amides is 1. The van der Waals surface area contributed by atoms with E-state index in [4.69, 9.17) is 10.5 Å². The van der Waals surface area contributed by atoms with Gasteiger partial charge in [0.25, 0.3) is 5.91 Å². The molecule has 2 rings (SSSR count). The van der Waals surface area contributed by atoms with Gasteiger partial charge in [-0.15, -0.1) is 0 Å². The Morgan fingerprint density at radius 2 is 1.71 bits per heavy atom. The molecule has 4 heteroatoms. The summed E-state index contributed by atoms with van der Waals surface area (Å²) in [5.74, 6) is 0.565. The number of carbonyl (C=O) groups is 1. The van der Waals surface area contributed by atoms with Crippen LogP contribution < -0.4 is 15.4 Å². The molecule has 0 saturated carbocycles. The smallest absolute Gasteiger partial charge is 0.264 e. The zero-order chi connectivity index (χ0) is 15.2. The first-order valence-electron chi connectivity index (χ1n) is 6.95. The predicted molar refractivity (Wildman–Crippen MR) is 85.6 cm³/mol. The number of hydrogen-bond donors (Lipinski definition) is 1. The number of nitrogen functional groups attached to an aromatic ring is 1. The lowest BCUT2D eigenvalue weighted by molar-refractivity contribution is -0.120. The maximum atomic E-state index is 12.3. The molecule has 0 unspecified atom stereocenters. The lowest BCUT2D eigenvalue weighted by Gasteiger charge is -2.21. The Morgan fingerprint density at radius 1 is 1.10 bits per heavy atom. The van der Waals surface area contributed by atoms with E-state index in [-0.39, 0.29) is 12.5 Å². The van der Waals surface area contributed by atoms with Gasteiger partial charge in [0.05, 0.1) is 0 Å². The number of likely N-dealkylation sites (N-methyl/N-ethyl adjacent to an activating group) is 1. The lowest BCUT2D eigenvalue weighted by atomic mass is 10.2. The zero-order valence-corrected chi connectivity index (χ0v) is 12.4. The van der Waals surface area contributed by atoms with Crippen molar-refractivity contribution >= 4 is 17.3 Å². The van der Waals surface area contributed by atoms with Crippen molar-refractivity contribution in [3.05, 3.63) is 54.1 Å². The maximum absolute atomic E-state index is 12.3. The fourth-order valence-electron chi connectivity index (χ4n) is 2.01. The van der Waals surface area contributed by atoms with Crippen molar-refractivity contribution in [2.45, 2.75) is 13.8 Å². The van der Waals surface area contributed by atoms with Crippen molar-refractivity contribution in [1.82, 2.24) is 0 Å². The number of nitrogens with zero attached hydrogens (tertiary/aromatic N) is 1. The third kappa shape index (κ3) is 3.99. The molecule has 0 aliphatic rings. The third-order valence-electron chi connectivity index (χ3n) is 3.21. The first-order valence-corrected chi connectivity index (χ1v) is 6.95. The van der Waals surface area contributed by atoms with E-state index in [1.807, 2.05) is 38.1 Å². The molecule has 21 heavy (non-hydrogen) atoms. The molecular formula is C17H20N2O2. The number of anilines is 2. The van der Waals surface area contributed by atoms with E-state index >= 15 is 0 Å². The predicted octanol–water partition coefficient (Wildman–Crippen LogP) is 3.01. The largest absolute Gasteiger partial charge is 0.484 e. The SMILES string of the molecule is CCN(C(=O)COc1ccc(N)cc1)c1ccc(C)cc1. The van der Waals surface area contributed by atoms with Crippen molar-refractivity contribution in [2.75, 3.05) is 23.8 Å².